The summed E-state index contributed by atoms with van der Waals surface area (Å²) in [6.07, 6.45) is 4.43. The zero-order chi connectivity index (χ0) is 20.8. The number of primary amides is 2. The number of hydrogen-bond donors (Lipinski definition) is 3. The minimum Gasteiger partial charge on any atom is -0.491 e. The van der Waals surface area contributed by atoms with Crippen LogP contribution in [-0.2, 0) is 11.3 Å². The van der Waals surface area contributed by atoms with E-state index in [0.29, 0.717) is 12.4 Å². The van der Waals surface area contributed by atoms with E-state index in [-0.39, 0.29) is 17.5 Å². The maximum atomic E-state index is 11.9. The van der Waals surface area contributed by atoms with Gasteiger partial charge in [0.25, 0.3) is 5.91 Å². The van der Waals surface area contributed by atoms with Crippen molar-refractivity contribution in [3.05, 3.63) is 36.2 Å². The predicted octanol–water partition coefficient (Wildman–Crippen LogP) is 1.66. The third kappa shape index (κ3) is 3.22. The molecule has 154 valence electrons. The Bertz CT molecular complexity index is 1150. The lowest BCUT2D eigenvalue weighted by Gasteiger charge is -2.17. The molecule has 5 rings (SSSR count). The number of carbonyl (C=O) groups is 2. The van der Waals surface area contributed by atoms with E-state index >= 15 is 0 Å². The van der Waals surface area contributed by atoms with Gasteiger partial charge in [-0.3, -0.25) is 14.6 Å². The Morgan fingerprint density at radius 3 is 2.73 bits per heavy atom. The molecule has 0 saturated heterocycles. The average molecular weight is 406 g/mol. The zero-order valence-corrected chi connectivity index (χ0v) is 16.3. The predicted molar refractivity (Wildman–Crippen MR) is 111 cm³/mol. The van der Waals surface area contributed by atoms with Gasteiger partial charge < -0.3 is 26.1 Å². The largest absolute Gasteiger partial charge is 0.491 e. The van der Waals surface area contributed by atoms with Crippen LogP contribution in [0, 0.1) is 5.92 Å². The van der Waals surface area contributed by atoms with Crippen LogP contribution in [0.15, 0.2) is 30.5 Å². The van der Waals surface area contributed by atoms with Gasteiger partial charge in [0.15, 0.2) is 0 Å². The maximum absolute atomic E-state index is 11.9. The number of nitrogens with zero attached hydrogens (tertiary/aromatic N) is 3. The molecule has 3 aromatic rings. The lowest BCUT2D eigenvalue weighted by atomic mass is 10.1. The summed E-state index contributed by atoms with van der Waals surface area (Å²) >= 11 is 0. The molecule has 0 unspecified atom stereocenters. The number of hydrogen-bond acceptors (Lipinski definition) is 6. The monoisotopic (exact) mass is 406 g/mol. The fourth-order valence-electron chi connectivity index (χ4n) is 3.97. The van der Waals surface area contributed by atoms with E-state index in [4.69, 9.17) is 21.2 Å². The molecule has 3 heterocycles. The summed E-state index contributed by atoms with van der Waals surface area (Å²) in [4.78, 5) is 32.1. The van der Waals surface area contributed by atoms with Gasteiger partial charge in [-0.1, -0.05) is 0 Å². The molecule has 1 fully saturated rings. The van der Waals surface area contributed by atoms with E-state index in [0.717, 1.165) is 53.9 Å². The molecule has 0 radical (unpaired) electrons. The van der Waals surface area contributed by atoms with E-state index in [1.807, 2.05) is 12.1 Å². The van der Waals surface area contributed by atoms with Crippen molar-refractivity contribution < 1.29 is 14.3 Å². The van der Waals surface area contributed by atoms with Crippen molar-refractivity contribution >= 4 is 28.5 Å². The van der Waals surface area contributed by atoms with Crippen LogP contribution in [0.3, 0.4) is 0 Å². The average Bonchev–Trinajstić information content (AvgIpc) is 3.52. The first-order valence-corrected chi connectivity index (χ1v) is 10.0. The molecular weight excluding hydrogens is 384 g/mol. The van der Waals surface area contributed by atoms with Crippen molar-refractivity contribution in [2.75, 3.05) is 11.9 Å². The van der Waals surface area contributed by atoms with Gasteiger partial charge in [0.05, 0.1) is 12.1 Å². The number of nitrogens with two attached hydrogens (primary N) is 2. The van der Waals surface area contributed by atoms with Crippen molar-refractivity contribution in [1.82, 2.24) is 14.5 Å². The van der Waals surface area contributed by atoms with E-state index in [2.05, 4.69) is 14.9 Å². The number of aryl methyl sites for hydroxylation is 1. The maximum Gasteiger partial charge on any atom is 0.267 e. The summed E-state index contributed by atoms with van der Waals surface area (Å²) in [5.41, 5.74) is 14.3. The number of benzene rings is 1. The van der Waals surface area contributed by atoms with Crippen molar-refractivity contribution in [2.24, 2.45) is 17.4 Å². The lowest BCUT2D eigenvalue weighted by molar-refractivity contribution is -0.119. The Kier molecular flexibility index (Phi) is 4.30. The van der Waals surface area contributed by atoms with Gasteiger partial charge in [0, 0.05) is 30.1 Å². The Balaban J connectivity index is 1.59. The minimum absolute atomic E-state index is 0.207. The Hall–Kier alpha value is -3.62. The standard InChI is InChI=1S/C21H22N6O3/c22-19(28)14-5-4-12(10-24-14)21-26-15-8-13(25-17(20(23)29)11-2-3-11)9-16-18(15)27(21)6-1-7-30-16/h4-5,8-11,17,25H,1-3,6-7H2,(H2,22,28)(H2,23,29)/t17-/m0/s1. The van der Waals surface area contributed by atoms with Crippen LogP contribution >= 0.6 is 0 Å². The summed E-state index contributed by atoms with van der Waals surface area (Å²) in [7, 11) is 0. The molecule has 0 spiro atoms. The SMILES string of the molecule is NC(=O)c1ccc(-c2nc3cc(N[C@H](C(N)=O)C4CC4)cc4c3n2CCCO4)cn1. The van der Waals surface area contributed by atoms with Gasteiger partial charge in [-0.05, 0) is 43.4 Å². The zero-order valence-electron chi connectivity index (χ0n) is 16.3. The number of aromatic nitrogens is 3. The van der Waals surface area contributed by atoms with Crippen LogP contribution in [0.4, 0.5) is 5.69 Å². The van der Waals surface area contributed by atoms with E-state index in [9.17, 15) is 9.59 Å². The molecule has 2 aliphatic rings. The van der Waals surface area contributed by atoms with Gasteiger partial charge in [0.1, 0.15) is 28.8 Å². The summed E-state index contributed by atoms with van der Waals surface area (Å²) < 4.78 is 8.09. The number of amides is 2. The van der Waals surface area contributed by atoms with Gasteiger partial charge in [-0.25, -0.2) is 4.98 Å². The quantitative estimate of drug-likeness (QED) is 0.569. The highest BCUT2D eigenvalue weighted by molar-refractivity contribution is 5.92. The second-order valence-corrected chi connectivity index (χ2v) is 7.79. The highest BCUT2D eigenvalue weighted by atomic mass is 16.5. The van der Waals surface area contributed by atoms with Gasteiger partial charge in [-0.2, -0.15) is 0 Å². The number of carbonyl (C=O) groups excluding carboxylic acids is 2. The molecule has 5 N–H and O–H groups in total. The molecule has 0 bridgehead atoms. The molecule has 1 aliphatic carbocycles. The fraction of sp³-hybridized carbons (Fsp3) is 0.333. The fourth-order valence-corrected chi connectivity index (χ4v) is 3.97. The number of anilines is 1. The second-order valence-electron chi connectivity index (χ2n) is 7.79. The Morgan fingerprint density at radius 1 is 1.23 bits per heavy atom. The minimum atomic E-state index is -0.570. The summed E-state index contributed by atoms with van der Waals surface area (Å²) in [6, 6.07) is 6.81. The Labute approximate surface area is 172 Å². The first kappa shape index (κ1) is 18.4. The third-order valence-electron chi connectivity index (χ3n) is 5.59. The van der Waals surface area contributed by atoms with Crippen molar-refractivity contribution in [3.63, 3.8) is 0 Å². The number of ether oxygens (including phenoxy) is 1. The molecule has 1 saturated carbocycles. The second kappa shape index (κ2) is 7.01. The summed E-state index contributed by atoms with van der Waals surface area (Å²) in [5, 5.41) is 3.27. The third-order valence-corrected chi connectivity index (χ3v) is 5.59. The van der Waals surface area contributed by atoms with E-state index in [1.165, 1.54) is 0 Å². The number of nitrogens with one attached hydrogen (secondary N) is 1. The molecule has 2 amide bonds. The van der Waals surface area contributed by atoms with Crippen molar-refractivity contribution in [3.8, 4) is 17.1 Å². The normalized spacial score (nSPS) is 16.5. The molecule has 2 aromatic heterocycles. The Morgan fingerprint density at radius 2 is 2.07 bits per heavy atom. The van der Waals surface area contributed by atoms with Gasteiger partial charge in [0.2, 0.25) is 5.91 Å². The highest BCUT2D eigenvalue weighted by Gasteiger charge is 2.35. The molecule has 30 heavy (non-hydrogen) atoms. The highest BCUT2D eigenvalue weighted by Crippen LogP contribution is 2.38. The summed E-state index contributed by atoms with van der Waals surface area (Å²) in [5.74, 6) is 0.814. The molecule has 9 nitrogen and oxygen atoms in total. The first-order chi connectivity index (χ1) is 14.5. The number of pyridine rings is 1. The molecule has 9 heteroatoms. The molecule has 1 aromatic carbocycles. The number of imidazole rings is 1. The van der Waals surface area contributed by atoms with Crippen LogP contribution in [0.1, 0.15) is 29.8 Å². The summed E-state index contributed by atoms with van der Waals surface area (Å²) in [6.45, 7) is 1.33. The lowest BCUT2D eigenvalue weighted by Crippen LogP contribution is -2.37. The van der Waals surface area contributed by atoms with Crippen LogP contribution < -0.4 is 21.5 Å². The molecular formula is C21H22N6O3. The van der Waals surface area contributed by atoms with Crippen LogP contribution in [-0.4, -0.2) is 39.0 Å². The number of rotatable bonds is 6. The first-order valence-electron chi connectivity index (χ1n) is 10.0. The molecule has 1 aliphatic heterocycles. The van der Waals surface area contributed by atoms with E-state index in [1.54, 1.807) is 18.3 Å². The van der Waals surface area contributed by atoms with Crippen LogP contribution in [0.5, 0.6) is 5.75 Å². The van der Waals surface area contributed by atoms with Crippen molar-refractivity contribution in [1.29, 1.82) is 0 Å². The molecule has 1 atom stereocenters. The van der Waals surface area contributed by atoms with Gasteiger partial charge in [-0.15, -0.1) is 0 Å². The smallest absolute Gasteiger partial charge is 0.267 e. The van der Waals surface area contributed by atoms with Gasteiger partial charge >= 0.3 is 0 Å². The van der Waals surface area contributed by atoms with Crippen LogP contribution in [0.2, 0.25) is 0 Å². The van der Waals surface area contributed by atoms with Crippen molar-refractivity contribution in [2.45, 2.75) is 31.8 Å². The topological polar surface area (TPSA) is 138 Å². The van der Waals surface area contributed by atoms with E-state index < -0.39 is 11.9 Å². The van der Waals surface area contributed by atoms with Crippen LogP contribution in [0.25, 0.3) is 22.4 Å².